The number of aromatic nitrogens is 1. The van der Waals surface area contributed by atoms with E-state index in [1.807, 2.05) is 25.1 Å². The molecule has 0 aliphatic carbocycles. The van der Waals surface area contributed by atoms with E-state index in [0.717, 1.165) is 21.9 Å². The van der Waals surface area contributed by atoms with E-state index in [-0.39, 0.29) is 63.5 Å². The van der Waals surface area contributed by atoms with Gasteiger partial charge in [-0.05, 0) is 42.5 Å². The second-order valence-electron chi connectivity index (χ2n) is 8.79. The van der Waals surface area contributed by atoms with Gasteiger partial charge in [-0.3, -0.25) is 9.59 Å². The van der Waals surface area contributed by atoms with Crippen LogP contribution in [0.5, 0.6) is 17.2 Å². The van der Waals surface area contributed by atoms with Crippen LogP contribution in [0.1, 0.15) is 44.8 Å². The van der Waals surface area contributed by atoms with Crippen molar-refractivity contribution in [2.45, 2.75) is 19.8 Å². The van der Waals surface area contributed by atoms with Crippen LogP contribution in [-0.2, 0) is 32.7 Å². The smallest absolute Gasteiger partial charge is 0.274 e. The average Bonchev–Trinajstić information content (AvgIpc) is 3.44. The van der Waals surface area contributed by atoms with Crippen molar-refractivity contribution in [2.75, 3.05) is 31.5 Å². The molecule has 1 aliphatic heterocycles. The van der Waals surface area contributed by atoms with E-state index in [9.17, 15) is 14.7 Å². The number of aryl methyl sites for hydroxylation is 1. The van der Waals surface area contributed by atoms with Crippen LogP contribution in [0.2, 0.25) is 0 Å². The number of Topliss-reactive ketones (excluding diaryl/α,β-unsaturated/α-hetero) is 1. The van der Waals surface area contributed by atoms with Crippen LogP contribution in [0.3, 0.4) is 0 Å². The number of amides is 1. The Hall–Kier alpha value is -2.61. The Morgan fingerprint density at radius 3 is 2.49 bits per heavy atom. The summed E-state index contributed by atoms with van der Waals surface area (Å²) in [6.45, 7) is 3.83. The molecule has 0 spiro atoms. The Kier molecular flexibility index (Phi) is 8.62. The Bertz CT molecular complexity index is 1530. The molecule has 0 saturated heterocycles. The van der Waals surface area contributed by atoms with Crippen LogP contribution in [0, 0.1) is 14.4 Å². The third-order valence-corrected chi connectivity index (χ3v) is 7.12. The minimum absolute atomic E-state index is 0. The molecule has 1 radical (unpaired) electrons. The SMILES string of the molecule is COc1c(C(C)=O)cc2cc(C(=O)N3C[C@@H](CCl)c4c3cc(O)c3cccc(C)c43)[nH]c2c1OC.[CH3-].[Y]. The van der Waals surface area contributed by atoms with Gasteiger partial charge in [0, 0.05) is 67.9 Å². The summed E-state index contributed by atoms with van der Waals surface area (Å²) in [4.78, 5) is 30.8. The molecule has 0 fully saturated rings. The Morgan fingerprint density at radius 1 is 1.16 bits per heavy atom. The van der Waals surface area contributed by atoms with Crippen LogP contribution in [0.25, 0.3) is 21.7 Å². The van der Waals surface area contributed by atoms with Gasteiger partial charge in [0.25, 0.3) is 5.91 Å². The molecule has 1 aliphatic rings. The Balaban J connectivity index is 0.00000190. The van der Waals surface area contributed by atoms with Gasteiger partial charge < -0.3 is 31.9 Å². The number of hydrogen-bond donors (Lipinski definition) is 2. The van der Waals surface area contributed by atoms with Crippen molar-refractivity contribution in [2.24, 2.45) is 0 Å². The van der Waals surface area contributed by atoms with E-state index >= 15 is 0 Å². The maximum absolute atomic E-state index is 13.8. The fourth-order valence-corrected chi connectivity index (χ4v) is 5.42. The molecule has 7 nitrogen and oxygen atoms in total. The van der Waals surface area contributed by atoms with E-state index in [1.54, 1.807) is 23.1 Å². The average molecular weight is 597 g/mol. The van der Waals surface area contributed by atoms with Gasteiger partial charge in [-0.25, -0.2) is 0 Å². The third-order valence-electron chi connectivity index (χ3n) is 6.74. The summed E-state index contributed by atoms with van der Waals surface area (Å²) in [5.41, 5.74) is 3.88. The number of benzene rings is 3. The zero-order chi connectivity index (χ0) is 25.0. The number of nitrogens with one attached hydrogen (secondary N) is 1. The molecule has 2 heterocycles. The van der Waals surface area contributed by atoms with Crippen LogP contribution in [0.15, 0.2) is 36.4 Å². The molecule has 4 aromatic rings. The summed E-state index contributed by atoms with van der Waals surface area (Å²) in [6, 6.07) is 10.8. The molecular formula is C28H28ClN2O5Y-. The van der Waals surface area contributed by atoms with Crippen molar-refractivity contribution < 1.29 is 56.9 Å². The number of carbonyl (C=O) groups excluding carboxylic acids is 2. The van der Waals surface area contributed by atoms with Gasteiger partial charge in [-0.2, -0.15) is 0 Å². The Morgan fingerprint density at radius 2 is 1.86 bits per heavy atom. The largest absolute Gasteiger partial charge is 0.507 e. The molecular weight excluding hydrogens is 569 g/mol. The zero-order valence-corrected chi connectivity index (χ0v) is 25.0. The van der Waals surface area contributed by atoms with Gasteiger partial charge in [-0.15, -0.1) is 11.6 Å². The fraction of sp³-hybridized carbons (Fsp3) is 0.250. The van der Waals surface area contributed by atoms with E-state index < -0.39 is 0 Å². The van der Waals surface area contributed by atoms with Crippen molar-refractivity contribution in [1.82, 2.24) is 4.98 Å². The number of H-pyrrole nitrogens is 1. The van der Waals surface area contributed by atoms with Gasteiger partial charge in [0.15, 0.2) is 17.3 Å². The number of hydrogen-bond acceptors (Lipinski definition) is 5. The topological polar surface area (TPSA) is 91.9 Å². The standard InChI is InChI=1S/C27H25ClN2O5.CH3.Y/c1-13-6-5-7-17-21(32)10-20-23(22(13)17)16(11-28)12-30(20)27(33)19-9-15-8-18(14(2)31)25(34-3)26(35-4)24(15)29-19;;/h5-10,16,29,32H,11-12H2,1-4H3;1H3;/q;-1;/t16-;;/m1../s1. The number of anilines is 1. The van der Waals surface area contributed by atoms with Crippen molar-refractivity contribution in [3.8, 4) is 17.2 Å². The zero-order valence-electron chi connectivity index (χ0n) is 21.4. The van der Waals surface area contributed by atoms with Gasteiger partial charge in [-0.1, -0.05) is 18.2 Å². The second kappa shape index (κ2) is 11.0. The summed E-state index contributed by atoms with van der Waals surface area (Å²) >= 11 is 6.36. The van der Waals surface area contributed by atoms with Crippen LogP contribution >= 0.6 is 11.6 Å². The van der Waals surface area contributed by atoms with Gasteiger partial charge in [0.2, 0.25) is 0 Å². The van der Waals surface area contributed by atoms with Crippen molar-refractivity contribution >= 4 is 50.7 Å². The normalized spacial score (nSPS) is 14.2. The number of halogens is 1. The maximum Gasteiger partial charge on any atom is 0.274 e. The van der Waals surface area contributed by atoms with E-state index in [0.29, 0.717) is 51.8 Å². The van der Waals surface area contributed by atoms with Gasteiger partial charge in [0.1, 0.15) is 11.4 Å². The number of ether oxygens (including phenoxy) is 2. The third kappa shape index (κ3) is 4.51. The number of phenols is 1. The number of phenolic OH excluding ortho intramolecular Hbond substituents is 1. The number of ketones is 1. The van der Waals surface area contributed by atoms with E-state index in [2.05, 4.69) is 4.98 Å². The summed E-state index contributed by atoms with van der Waals surface area (Å²) in [6.07, 6.45) is 0. The first-order valence-electron chi connectivity index (χ1n) is 11.2. The molecule has 1 aromatic heterocycles. The molecule has 0 unspecified atom stereocenters. The first kappa shape index (κ1) is 29.0. The molecule has 3 aromatic carbocycles. The molecule has 37 heavy (non-hydrogen) atoms. The number of fused-ring (bicyclic) bond motifs is 4. The minimum atomic E-state index is -0.271. The molecule has 0 bridgehead atoms. The first-order valence-corrected chi connectivity index (χ1v) is 11.8. The summed E-state index contributed by atoms with van der Waals surface area (Å²) in [5.74, 6) is 0.598. The van der Waals surface area contributed by atoms with Crippen LogP contribution in [0.4, 0.5) is 5.69 Å². The quantitative estimate of drug-likeness (QED) is 0.168. The Labute approximate surface area is 246 Å². The molecule has 191 valence electrons. The predicted octanol–water partition coefficient (Wildman–Crippen LogP) is 5.99. The molecule has 5 rings (SSSR count). The minimum Gasteiger partial charge on any atom is -0.507 e. The molecule has 9 heteroatoms. The summed E-state index contributed by atoms with van der Waals surface area (Å²) in [7, 11) is 2.96. The van der Waals surface area contributed by atoms with Crippen LogP contribution in [-0.4, -0.2) is 48.4 Å². The van der Waals surface area contributed by atoms with Gasteiger partial charge in [0.05, 0.1) is 31.0 Å². The number of aromatic amines is 1. The number of methoxy groups -OCH3 is 2. The molecule has 0 saturated carbocycles. The van der Waals surface area contributed by atoms with Crippen molar-refractivity contribution in [3.63, 3.8) is 0 Å². The number of aromatic hydroxyl groups is 1. The summed E-state index contributed by atoms with van der Waals surface area (Å²) < 4.78 is 11.0. The van der Waals surface area contributed by atoms with Crippen molar-refractivity contribution in [3.05, 3.63) is 66.2 Å². The number of nitrogens with zero attached hydrogens (tertiary/aromatic N) is 1. The maximum atomic E-state index is 13.8. The molecule has 1 atom stereocenters. The fourth-order valence-electron chi connectivity index (χ4n) is 5.17. The van der Waals surface area contributed by atoms with Crippen LogP contribution < -0.4 is 14.4 Å². The summed E-state index contributed by atoms with van der Waals surface area (Å²) in [5, 5.41) is 13.1. The number of rotatable bonds is 5. The monoisotopic (exact) mass is 596 g/mol. The molecule has 1 amide bonds. The van der Waals surface area contributed by atoms with Gasteiger partial charge >= 0.3 is 0 Å². The predicted molar refractivity (Wildman–Crippen MR) is 143 cm³/mol. The second-order valence-corrected chi connectivity index (χ2v) is 9.10. The van der Waals surface area contributed by atoms with Crippen molar-refractivity contribution in [1.29, 1.82) is 0 Å². The first-order chi connectivity index (χ1) is 16.8. The number of carbonyl (C=O) groups is 2. The van der Waals surface area contributed by atoms with E-state index in [4.69, 9.17) is 21.1 Å². The number of alkyl halides is 1. The van der Waals surface area contributed by atoms with E-state index in [1.165, 1.54) is 21.1 Å². The molecule has 2 N–H and O–H groups in total.